The lowest BCUT2D eigenvalue weighted by Crippen LogP contribution is -2.57. The van der Waals surface area contributed by atoms with E-state index in [1.54, 1.807) is 0 Å². The van der Waals surface area contributed by atoms with Crippen LogP contribution in [0.3, 0.4) is 0 Å². The van der Waals surface area contributed by atoms with Crippen molar-refractivity contribution in [1.29, 1.82) is 0 Å². The molecule has 0 aromatic rings. The predicted octanol–water partition coefficient (Wildman–Crippen LogP) is 2.25. The molecule has 3 heteroatoms. The van der Waals surface area contributed by atoms with E-state index in [1.807, 2.05) is 0 Å². The quantitative estimate of drug-likeness (QED) is 0.836. The molecule has 18 heavy (non-hydrogen) atoms. The highest BCUT2D eigenvalue weighted by Gasteiger charge is 2.40. The van der Waals surface area contributed by atoms with Crippen molar-refractivity contribution in [2.75, 3.05) is 26.7 Å². The van der Waals surface area contributed by atoms with Gasteiger partial charge in [0.2, 0.25) is 0 Å². The van der Waals surface area contributed by atoms with E-state index in [-0.39, 0.29) is 5.54 Å². The number of hydrogen-bond acceptors (Lipinski definition) is 3. The summed E-state index contributed by atoms with van der Waals surface area (Å²) in [6.07, 6.45) is 6.73. The Kier molecular flexibility index (Phi) is 4.68. The molecule has 2 fully saturated rings. The second-order valence-electron chi connectivity index (χ2n) is 6.80. The van der Waals surface area contributed by atoms with Gasteiger partial charge in [-0.3, -0.25) is 4.90 Å². The van der Waals surface area contributed by atoms with Crippen molar-refractivity contribution < 1.29 is 4.74 Å². The Morgan fingerprint density at radius 3 is 2.44 bits per heavy atom. The summed E-state index contributed by atoms with van der Waals surface area (Å²) >= 11 is 0. The summed E-state index contributed by atoms with van der Waals surface area (Å²) in [5.41, 5.74) is 6.37. The maximum atomic E-state index is 6.16. The van der Waals surface area contributed by atoms with E-state index in [1.165, 1.54) is 32.1 Å². The van der Waals surface area contributed by atoms with Gasteiger partial charge < -0.3 is 10.5 Å². The molecule has 106 valence electrons. The van der Waals surface area contributed by atoms with E-state index in [0.717, 1.165) is 31.5 Å². The standard InChI is InChI=1S/C15H30N2O/c1-12-7-13(2)9-15(8-12,11-16)17(3)10-14-5-4-6-18-14/h12-14H,4-11,16H2,1-3H3. The van der Waals surface area contributed by atoms with Gasteiger partial charge >= 0.3 is 0 Å². The van der Waals surface area contributed by atoms with Gasteiger partial charge in [0.15, 0.2) is 0 Å². The summed E-state index contributed by atoms with van der Waals surface area (Å²) in [7, 11) is 2.25. The summed E-state index contributed by atoms with van der Waals surface area (Å²) in [6.45, 7) is 7.53. The lowest BCUT2D eigenvalue weighted by Gasteiger charge is -2.48. The van der Waals surface area contributed by atoms with Gasteiger partial charge in [0.05, 0.1) is 6.10 Å². The second kappa shape index (κ2) is 5.89. The molecule has 0 aromatic heterocycles. The van der Waals surface area contributed by atoms with Crippen molar-refractivity contribution in [3.63, 3.8) is 0 Å². The lowest BCUT2D eigenvalue weighted by atomic mass is 9.70. The largest absolute Gasteiger partial charge is 0.377 e. The Bertz CT molecular complexity index is 253. The topological polar surface area (TPSA) is 38.5 Å². The van der Waals surface area contributed by atoms with Crippen LogP contribution in [0.25, 0.3) is 0 Å². The highest BCUT2D eigenvalue weighted by molar-refractivity contribution is 4.97. The summed E-state index contributed by atoms with van der Waals surface area (Å²) in [4.78, 5) is 2.51. The summed E-state index contributed by atoms with van der Waals surface area (Å²) in [5, 5.41) is 0. The molecule has 1 saturated heterocycles. The van der Waals surface area contributed by atoms with Crippen LogP contribution in [0, 0.1) is 11.8 Å². The van der Waals surface area contributed by atoms with E-state index in [9.17, 15) is 0 Å². The first-order valence-electron chi connectivity index (χ1n) is 7.58. The van der Waals surface area contributed by atoms with Crippen LogP contribution in [0.5, 0.6) is 0 Å². The molecule has 2 rings (SSSR count). The first-order chi connectivity index (χ1) is 8.55. The lowest BCUT2D eigenvalue weighted by molar-refractivity contribution is -0.00122. The third-order valence-electron chi connectivity index (χ3n) is 4.95. The molecule has 3 atom stereocenters. The Morgan fingerprint density at radius 2 is 1.94 bits per heavy atom. The van der Waals surface area contributed by atoms with Crippen LogP contribution >= 0.6 is 0 Å². The second-order valence-corrected chi connectivity index (χ2v) is 6.80. The van der Waals surface area contributed by atoms with Crippen molar-refractivity contribution in [2.45, 2.75) is 57.6 Å². The molecule has 3 nitrogen and oxygen atoms in total. The van der Waals surface area contributed by atoms with Crippen molar-refractivity contribution >= 4 is 0 Å². The van der Waals surface area contributed by atoms with Gasteiger partial charge in [0, 0.05) is 25.2 Å². The van der Waals surface area contributed by atoms with Crippen LogP contribution in [0.4, 0.5) is 0 Å². The third-order valence-corrected chi connectivity index (χ3v) is 4.95. The molecular formula is C15H30N2O. The monoisotopic (exact) mass is 254 g/mol. The normalized spacial score (nSPS) is 41.5. The Hall–Kier alpha value is -0.120. The van der Waals surface area contributed by atoms with Crippen LogP contribution in [-0.2, 0) is 4.74 Å². The molecule has 2 aliphatic rings. The summed E-state index contributed by atoms with van der Waals surface area (Å²) in [6, 6.07) is 0. The van der Waals surface area contributed by atoms with E-state index in [4.69, 9.17) is 10.5 Å². The number of rotatable bonds is 4. The van der Waals surface area contributed by atoms with Gasteiger partial charge in [-0.15, -0.1) is 0 Å². The maximum Gasteiger partial charge on any atom is 0.0702 e. The number of ether oxygens (including phenoxy) is 1. The zero-order valence-electron chi connectivity index (χ0n) is 12.3. The molecule has 0 spiro atoms. The molecule has 2 N–H and O–H groups in total. The Balaban J connectivity index is 2.00. The SMILES string of the molecule is CC1CC(C)CC(CN)(N(C)CC2CCCO2)C1. The molecule has 1 aliphatic carbocycles. The Morgan fingerprint density at radius 1 is 1.28 bits per heavy atom. The molecule has 0 aromatic carbocycles. The molecular weight excluding hydrogens is 224 g/mol. The number of nitrogens with zero attached hydrogens (tertiary/aromatic N) is 1. The van der Waals surface area contributed by atoms with Crippen molar-refractivity contribution in [1.82, 2.24) is 4.90 Å². The third kappa shape index (κ3) is 3.06. The number of likely N-dealkylation sites (N-methyl/N-ethyl adjacent to an activating group) is 1. The minimum atomic E-state index is 0.211. The molecule has 1 saturated carbocycles. The average molecular weight is 254 g/mol. The molecule has 0 bridgehead atoms. The highest BCUT2D eigenvalue weighted by Crippen LogP contribution is 2.39. The first-order valence-corrected chi connectivity index (χ1v) is 7.58. The minimum absolute atomic E-state index is 0.211. The van der Waals surface area contributed by atoms with E-state index in [2.05, 4.69) is 25.8 Å². The molecule has 1 aliphatic heterocycles. The molecule has 0 amide bonds. The molecule has 1 heterocycles. The van der Waals surface area contributed by atoms with Gasteiger partial charge in [-0.05, 0) is 51.0 Å². The number of hydrogen-bond donors (Lipinski definition) is 1. The van der Waals surface area contributed by atoms with Crippen LogP contribution in [0.2, 0.25) is 0 Å². The van der Waals surface area contributed by atoms with Crippen LogP contribution in [0.15, 0.2) is 0 Å². The van der Waals surface area contributed by atoms with Gasteiger partial charge in [-0.1, -0.05) is 13.8 Å². The van der Waals surface area contributed by atoms with Crippen LogP contribution in [0.1, 0.15) is 46.0 Å². The first kappa shape index (κ1) is 14.3. The zero-order chi connectivity index (χ0) is 13.2. The van der Waals surface area contributed by atoms with Gasteiger partial charge in [0.1, 0.15) is 0 Å². The summed E-state index contributed by atoms with van der Waals surface area (Å²) < 4.78 is 5.78. The predicted molar refractivity (Wildman–Crippen MR) is 75.6 cm³/mol. The van der Waals surface area contributed by atoms with Crippen molar-refractivity contribution in [3.05, 3.63) is 0 Å². The van der Waals surface area contributed by atoms with E-state index < -0.39 is 0 Å². The molecule has 0 radical (unpaired) electrons. The van der Waals surface area contributed by atoms with Crippen molar-refractivity contribution in [2.24, 2.45) is 17.6 Å². The van der Waals surface area contributed by atoms with E-state index in [0.29, 0.717) is 6.10 Å². The minimum Gasteiger partial charge on any atom is -0.377 e. The van der Waals surface area contributed by atoms with Gasteiger partial charge in [-0.25, -0.2) is 0 Å². The Labute approximate surface area is 112 Å². The average Bonchev–Trinajstić information content (AvgIpc) is 2.80. The van der Waals surface area contributed by atoms with Gasteiger partial charge in [0.25, 0.3) is 0 Å². The highest BCUT2D eigenvalue weighted by atomic mass is 16.5. The summed E-state index contributed by atoms with van der Waals surface area (Å²) in [5.74, 6) is 1.59. The van der Waals surface area contributed by atoms with Crippen molar-refractivity contribution in [3.8, 4) is 0 Å². The van der Waals surface area contributed by atoms with E-state index >= 15 is 0 Å². The fraction of sp³-hybridized carbons (Fsp3) is 1.00. The maximum absolute atomic E-state index is 6.16. The smallest absolute Gasteiger partial charge is 0.0702 e. The fourth-order valence-electron chi connectivity index (χ4n) is 4.16. The number of nitrogens with two attached hydrogens (primary N) is 1. The van der Waals surface area contributed by atoms with Crippen LogP contribution < -0.4 is 5.73 Å². The zero-order valence-corrected chi connectivity index (χ0v) is 12.3. The van der Waals surface area contributed by atoms with Crippen LogP contribution in [-0.4, -0.2) is 43.3 Å². The van der Waals surface area contributed by atoms with Gasteiger partial charge in [-0.2, -0.15) is 0 Å². The fourth-order valence-corrected chi connectivity index (χ4v) is 4.16. The molecule has 3 unspecified atom stereocenters.